The minimum atomic E-state index is 0.247. The molecule has 1 amide bonds. The van der Waals surface area contributed by atoms with Gasteiger partial charge in [0.2, 0.25) is 5.91 Å². The molecule has 0 aromatic carbocycles. The molecule has 0 radical (unpaired) electrons. The lowest BCUT2D eigenvalue weighted by molar-refractivity contribution is -0.122. The third-order valence-electron chi connectivity index (χ3n) is 1.97. The first-order chi connectivity index (χ1) is 5.27. The van der Waals surface area contributed by atoms with Gasteiger partial charge in [0.05, 0.1) is 0 Å². The van der Waals surface area contributed by atoms with Gasteiger partial charge in [-0.25, -0.2) is 0 Å². The van der Waals surface area contributed by atoms with Crippen molar-refractivity contribution < 1.29 is 4.79 Å². The Bertz CT molecular complexity index is 141. The summed E-state index contributed by atoms with van der Waals surface area (Å²) in [6, 6.07) is 0.322. The molecule has 3 heteroatoms. The van der Waals surface area contributed by atoms with E-state index in [9.17, 15) is 4.79 Å². The Hall–Kier alpha value is -0.0500. The second-order valence-corrected chi connectivity index (χ2v) is 3.69. The fourth-order valence-electron chi connectivity index (χ4n) is 0.914. The molecule has 1 fully saturated rings. The molecule has 1 aliphatic rings. The Morgan fingerprint density at radius 1 is 1.73 bits per heavy atom. The number of alkyl halides is 1. The molecule has 1 saturated carbocycles. The monoisotopic (exact) mass is 219 g/mol. The molecule has 1 unspecified atom stereocenters. The molecule has 2 nitrogen and oxygen atoms in total. The highest BCUT2D eigenvalue weighted by molar-refractivity contribution is 9.09. The van der Waals surface area contributed by atoms with Crippen LogP contribution in [0.5, 0.6) is 0 Å². The van der Waals surface area contributed by atoms with Crippen LogP contribution >= 0.6 is 15.9 Å². The standard InChI is InChI=1S/C8H14BrNO/c1-2-7(5-9)10-8(11)6-3-4-6/h6-7H,2-5H2,1H3,(H,10,11). The smallest absolute Gasteiger partial charge is 0.223 e. The third-order valence-corrected chi connectivity index (χ3v) is 2.76. The van der Waals surface area contributed by atoms with Gasteiger partial charge in [0.25, 0.3) is 0 Å². The molecule has 0 aromatic rings. The first-order valence-corrected chi connectivity index (χ1v) is 5.26. The zero-order valence-electron chi connectivity index (χ0n) is 6.77. The van der Waals surface area contributed by atoms with Crippen LogP contribution in [0.3, 0.4) is 0 Å². The minimum absolute atomic E-state index is 0.247. The molecule has 11 heavy (non-hydrogen) atoms. The lowest BCUT2D eigenvalue weighted by atomic mass is 10.2. The summed E-state index contributed by atoms with van der Waals surface area (Å²) in [6.07, 6.45) is 3.18. The molecule has 1 atom stereocenters. The van der Waals surface area contributed by atoms with E-state index in [1.165, 1.54) is 0 Å². The average molecular weight is 220 g/mol. The van der Waals surface area contributed by atoms with Crippen LogP contribution in [0, 0.1) is 5.92 Å². The van der Waals surface area contributed by atoms with Crippen molar-refractivity contribution in [2.75, 3.05) is 5.33 Å². The molecule has 1 aliphatic carbocycles. The van der Waals surface area contributed by atoms with Crippen LogP contribution in [-0.4, -0.2) is 17.3 Å². The Morgan fingerprint density at radius 2 is 2.36 bits per heavy atom. The number of nitrogens with one attached hydrogen (secondary N) is 1. The summed E-state index contributed by atoms with van der Waals surface area (Å²) in [5, 5.41) is 3.86. The van der Waals surface area contributed by atoms with Crippen molar-refractivity contribution in [2.45, 2.75) is 32.2 Å². The molecule has 0 saturated heterocycles. The van der Waals surface area contributed by atoms with Crippen LogP contribution in [0.4, 0.5) is 0 Å². The van der Waals surface area contributed by atoms with Crippen LogP contribution in [-0.2, 0) is 4.79 Å². The highest BCUT2D eigenvalue weighted by Gasteiger charge is 2.30. The molecular formula is C8H14BrNO. The normalized spacial score (nSPS) is 19.5. The van der Waals surface area contributed by atoms with E-state index < -0.39 is 0 Å². The van der Waals surface area contributed by atoms with Gasteiger partial charge in [0.1, 0.15) is 0 Å². The first-order valence-electron chi connectivity index (χ1n) is 4.14. The Balaban J connectivity index is 2.20. The molecule has 0 bridgehead atoms. The van der Waals surface area contributed by atoms with E-state index in [4.69, 9.17) is 0 Å². The van der Waals surface area contributed by atoms with Gasteiger partial charge in [-0.05, 0) is 19.3 Å². The largest absolute Gasteiger partial charge is 0.352 e. The topological polar surface area (TPSA) is 29.1 Å². The number of halogens is 1. The van der Waals surface area contributed by atoms with Crippen molar-refractivity contribution in [1.29, 1.82) is 0 Å². The molecular weight excluding hydrogens is 206 g/mol. The van der Waals surface area contributed by atoms with Crippen molar-refractivity contribution in [1.82, 2.24) is 5.32 Å². The zero-order chi connectivity index (χ0) is 8.27. The molecule has 0 spiro atoms. The van der Waals surface area contributed by atoms with Gasteiger partial charge in [0.15, 0.2) is 0 Å². The zero-order valence-corrected chi connectivity index (χ0v) is 8.36. The number of carbonyl (C=O) groups excluding carboxylic acids is 1. The third kappa shape index (κ3) is 2.81. The number of rotatable bonds is 4. The summed E-state index contributed by atoms with van der Waals surface area (Å²) in [6.45, 7) is 2.08. The predicted octanol–water partition coefficient (Wildman–Crippen LogP) is 1.69. The van der Waals surface area contributed by atoms with E-state index in [1.807, 2.05) is 0 Å². The van der Waals surface area contributed by atoms with Gasteiger partial charge in [-0.3, -0.25) is 4.79 Å². The maximum Gasteiger partial charge on any atom is 0.223 e. The summed E-state index contributed by atoms with van der Waals surface area (Å²) in [4.78, 5) is 11.2. The SMILES string of the molecule is CCC(CBr)NC(=O)C1CC1. The average Bonchev–Trinajstić information content (AvgIpc) is 2.81. The van der Waals surface area contributed by atoms with Gasteiger partial charge in [-0.1, -0.05) is 22.9 Å². The van der Waals surface area contributed by atoms with E-state index in [0.29, 0.717) is 12.0 Å². The Morgan fingerprint density at radius 3 is 2.73 bits per heavy atom. The Labute approximate surface area is 75.9 Å². The quantitative estimate of drug-likeness (QED) is 0.717. The lowest BCUT2D eigenvalue weighted by Crippen LogP contribution is -2.36. The molecule has 0 aliphatic heterocycles. The molecule has 64 valence electrons. The molecule has 1 N–H and O–H groups in total. The Kier molecular flexibility index (Phi) is 3.37. The van der Waals surface area contributed by atoms with E-state index in [-0.39, 0.29) is 5.91 Å². The second-order valence-electron chi connectivity index (χ2n) is 3.04. The highest BCUT2D eigenvalue weighted by Crippen LogP contribution is 2.28. The van der Waals surface area contributed by atoms with Crippen molar-refractivity contribution in [2.24, 2.45) is 5.92 Å². The lowest BCUT2D eigenvalue weighted by Gasteiger charge is -2.12. The summed E-state index contributed by atoms with van der Waals surface area (Å²) < 4.78 is 0. The van der Waals surface area contributed by atoms with Gasteiger partial charge in [-0.15, -0.1) is 0 Å². The number of hydrogen-bond donors (Lipinski definition) is 1. The first kappa shape index (κ1) is 9.04. The van der Waals surface area contributed by atoms with E-state index >= 15 is 0 Å². The van der Waals surface area contributed by atoms with Crippen molar-refractivity contribution in [3.8, 4) is 0 Å². The van der Waals surface area contributed by atoms with Crippen LogP contribution < -0.4 is 5.32 Å². The summed E-state index contributed by atoms with van der Waals surface area (Å²) in [7, 11) is 0. The van der Waals surface area contributed by atoms with Crippen LogP contribution in [0.2, 0.25) is 0 Å². The predicted molar refractivity (Wildman–Crippen MR) is 48.7 cm³/mol. The molecule has 1 rings (SSSR count). The van der Waals surface area contributed by atoms with Gasteiger partial charge >= 0.3 is 0 Å². The summed E-state index contributed by atoms with van der Waals surface area (Å²) in [5.74, 6) is 0.583. The highest BCUT2D eigenvalue weighted by atomic mass is 79.9. The van der Waals surface area contributed by atoms with E-state index in [1.54, 1.807) is 0 Å². The number of amides is 1. The summed E-state index contributed by atoms with van der Waals surface area (Å²) in [5.41, 5.74) is 0. The number of hydrogen-bond acceptors (Lipinski definition) is 1. The molecule has 0 heterocycles. The van der Waals surface area contributed by atoms with Crippen LogP contribution in [0.25, 0.3) is 0 Å². The maximum absolute atomic E-state index is 11.2. The summed E-state index contributed by atoms with van der Waals surface area (Å²) >= 11 is 3.36. The van der Waals surface area contributed by atoms with Crippen LogP contribution in [0.15, 0.2) is 0 Å². The van der Waals surface area contributed by atoms with Crippen molar-refractivity contribution in [3.05, 3.63) is 0 Å². The second kappa shape index (κ2) is 4.10. The van der Waals surface area contributed by atoms with Gasteiger partial charge in [0, 0.05) is 17.3 Å². The fourth-order valence-corrected chi connectivity index (χ4v) is 1.53. The van der Waals surface area contributed by atoms with Gasteiger partial charge < -0.3 is 5.32 Å². The van der Waals surface area contributed by atoms with Crippen molar-refractivity contribution in [3.63, 3.8) is 0 Å². The van der Waals surface area contributed by atoms with Crippen molar-refractivity contribution >= 4 is 21.8 Å². The molecule has 0 aromatic heterocycles. The van der Waals surface area contributed by atoms with E-state index in [0.717, 1.165) is 24.6 Å². The minimum Gasteiger partial charge on any atom is -0.352 e. The maximum atomic E-state index is 11.2. The number of carbonyl (C=O) groups is 1. The van der Waals surface area contributed by atoms with E-state index in [2.05, 4.69) is 28.2 Å². The van der Waals surface area contributed by atoms with Gasteiger partial charge in [-0.2, -0.15) is 0 Å². The fraction of sp³-hybridized carbons (Fsp3) is 0.875. The van der Waals surface area contributed by atoms with Crippen LogP contribution in [0.1, 0.15) is 26.2 Å².